The first-order valence-corrected chi connectivity index (χ1v) is 15.4. The summed E-state index contributed by atoms with van der Waals surface area (Å²) in [4.78, 5) is 12.7. The highest BCUT2D eigenvalue weighted by atomic mass is 35.5. The molecule has 0 aromatic heterocycles. The van der Waals surface area contributed by atoms with Gasteiger partial charge in [-0.25, -0.2) is 5.43 Å². The van der Waals surface area contributed by atoms with E-state index in [0.29, 0.717) is 47.5 Å². The van der Waals surface area contributed by atoms with Crippen molar-refractivity contribution in [3.63, 3.8) is 0 Å². The van der Waals surface area contributed by atoms with Crippen LogP contribution in [0.15, 0.2) is 71.8 Å². The third-order valence-electron chi connectivity index (χ3n) is 7.41. The van der Waals surface area contributed by atoms with Crippen molar-refractivity contribution in [2.75, 3.05) is 6.61 Å². The monoisotopic (exact) mass is 614 g/mol. The van der Waals surface area contributed by atoms with Crippen LogP contribution in [0, 0.1) is 0 Å². The van der Waals surface area contributed by atoms with E-state index in [2.05, 4.69) is 70.3 Å². The van der Waals surface area contributed by atoms with Gasteiger partial charge in [0.1, 0.15) is 12.4 Å². The minimum absolute atomic E-state index is 0.213. The number of phenols is 1. The normalized spacial score (nSPS) is 12.1. The molecule has 232 valence electrons. The Kier molecular flexibility index (Phi) is 10.3. The number of aromatic hydroxyl groups is 1. The van der Waals surface area contributed by atoms with Crippen molar-refractivity contribution in [3.8, 4) is 17.2 Å². The molecule has 0 bridgehead atoms. The molecular formula is C37H43ClN2O4. The van der Waals surface area contributed by atoms with Gasteiger partial charge in [-0.2, -0.15) is 5.10 Å². The number of hydrazone groups is 1. The molecule has 0 spiro atoms. The van der Waals surface area contributed by atoms with E-state index >= 15 is 0 Å². The van der Waals surface area contributed by atoms with Crippen LogP contribution in [0.5, 0.6) is 17.2 Å². The van der Waals surface area contributed by atoms with Gasteiger partial charge < -0.3 is 14.6 Å². The number of phenolic OH excluding ortho intramolecular Hbond substituents is 1. The fraction of sp³-hybridized carbons (Fsp3) is 0.351. The predicted molar refractivity (Wildman–Crippen MR) is 180 cm³/mol. The van der Waals surface area contributed by atoms with Crippen molar-refractivity contribution < 1.29 is 19.4 Å². The van der Waals surface area contributed by atoms with E-state index in [1.165, 1.54) is 6.21 Å². The first-order chi connectivity index (χ1) is 20.8. The number of nitrogens with one attached hydrogen (secondary N) is 1. The molecule has 1 amide bonds. The van der Waals surface area contributed by atoms with Gasteiger partial charge in [-0.05, 0) is 74.9 Å². The second-order valence-electron chi connectivity index (χ2n) is 13.0. The Morgan fingerprint density at radius 1 is 0.932 bits per heavy atom. The van der Waals surface area contributed by atoms with Crippen molar-refractivity contribution in [2.45, 2.75) is 78.7 Å². The first-order valence-electron chi connectivity index (χ1n) is 15.0. The fourth-order valence-electron chi connectivity index (χ4n) is 5.11. The van der Waals surface area contributed by atoms with E-state index in [1.54, 1.807) is 12.1 Å². The number of amides is 1. The number of carbonyl (C=O) groups is 1. The minimum atomic E-state index is -0.231. The van der Waals surface area contributed by atoms with Gasteiger partial charge >= 0.3 is 0 Å². The Labute approximate surface area is 266 Å². The molecule has 0 atom stereocenters. The van der Waals surface area contributed by atoms with Crippen LogP contribution < -0.4 is 14.9 Å². The summed E-state index contributed by atoms with van der Waals surface area (Å²) in [5, 5.41) is 17.8. The summed E-state index contributed by atoms with van der Waals surface area (Å²) < 4.78 is 12.0. The van der Waals surface area contributed by atoms with Gasteiger partial charge in [0.05, 0.1) is 17.8 Å². The predicted octanol–water partition coefficient (Wildman–Crippen LogP) is 8.85. The maximum atomic E-state index is 12.7. The van der Waals surface area contributed by atoms with Crippen molar-refractivity contribution >= 4 is 34.5 Å². The van der Waals surface area contributed by atoms with Gasteiger partial charge in [0, 0.05) is 6.42 Å². The number of nitrogens with zero attached hydrogens (tertiary/aromatic N) is 1. The Morgan fingerprint density at radius 3 is 2.25 bits per heavy atom. The lowest BCUT2D eigenvalue weighted by molar-refractivity contribution is -0.121. The quantitative estimate of drug-likeness (QED) is 0.138. The molecule has 6 nitrogen and oxygen atoms in total. The van der Waals surface area contributed by atoms with Crippen LogP contribution in [-0.2, 0) is 28.7 Å². The molecule has 0 aliphatic carbocycles. The molecule has 0 saturated heterocycles. The Bertz CT molecular complexity index is 1620. The summed E-state index contributed by atoms with van der Waals surface area (Å²) in [6, 6.07) is 21.8. The lowest BCUT2D eigenvalue weighted by Gasteiger charge is -2.28. The molecule has 0 radical (unpaired) electrons. The van der Waals surface area contributed by atoms with Gasteiger partial charge in [-0.3, -0.25) is 4.79 Å². The van der Waals surface area contributed by atoms with Gasteiger partial charge in [-0.1, -0.05) is 108 Å². The van der Waals surface area contributed by atoms with Gasteiger partial charge in [0.25, 0.3) is 0 Å². The summed E-state index contributed by atoms with van der Waals surface area (Å²) in [7, 11) is 0. The lowest BCUT2D eigenvalue weighted by Crippen LogP contribution is -2.20. The third kappa shape index (κ3) is 8.11. The molecule has 4 aromatic carbocycles. The molecule has 44 heavy (non-hydrogen) atoms. The molecule has 2 N–H and O–H groups in total. The number of benzene rings is 4. The van der Waals surface area contributed by atoms with E-state index in [1.807, 2.05) is 43.3 Å². The molecule has 0 saturated carbocycles. The number of hydrogen-bond donors (Lipinski definition) is 2. The zero-order valence-corrected chi connectivity index (χ0v) is 27.5. The molecule has 0 aliphatic heterocycles. The number of fused-ring (bicyclic) bond motifs is 1. The van der Waals surface area contributed by atoms with Gasteiger partial charge in [0.2, 0.25) is 5.91 Å². The van der Waals surface area contributed by atoms with E-state index < -0.39 is 0 Å². The topological polar surface area (TPSA) is 80.2 Å². The van der Waals surface area contributed by atoms with E-state index in [4.69, 9.17) is 21.1 Å². The maximum Gasteiger partial charge on any atom is 0.240 e. The minimum Gasteiger partial charge on any atom is -0.507 e. The summed E-state index contributed by atoms with van der Waals surface area (Å²) in [5.74, 6) is 1.08. The van der Waals surface area contributed by atoms with Gasteiger partial charge in [-0.15, -0.1) is 0 Å². The Morgan fingerprint density at radius 2 is 1.59 bits per heavy atom. The highest BCUT2D eigenvalue weighted by molar-refractivity contribution is 6.32. The zero-order chi connectivity index (χ0) is 32.1. The Hall–Kier alpha value is -4.03. The first kappa shape index (κ1) is 32.9. The largest absolute Gasteiger partial charge is 0.507 e. The van der Waals surface area contributed by atoms with E-state index in [0.717, 1.165) is 33.0 Å². The average Bonchev–Trinajstić information content (AvgIpc) is 2.95. The van der Waals surface area contributed by atoms with E-state index in [-0.39, 0.29) is 23.2 Å². The number of carbonyl (C=O) groups excluding carboxylic acids is 1. The number of aryl methyl sites for hydroxylation is 1. The van der Waals surface area contributed by atoms with Crippen molar-refractivity contribution in [1.82, 2.24) is 5.43 Å². The zero-order valence-electron chi connectivity index (χ0n) is 26.8. The lowest BCUT2D eigenvalue weighted by atomic mass is 9.78. The van der Waals surface area contributed by atoms with Crippen LogP contribution in [0.3, 0.4) is 0 Å². The molecule has 0 fully saturated rings. The number of hydrogen-bond acceptors (Lipinski definition) is 5. The summed E-state index contributed by atoms with van der Waals surface area (Å²) in [5.41, 5.74) is 6.63. The highest BCUT2D eigenvalue weighted by Crippen LogP contribution is 2.40. The smallest absolute Gasteiger partial charge is 0.240 e. The van der Waals surface area contributed by atoms with Gasteiger partial charge in [0.15, 0.2) is 11.5 Å². The molecule has 7 heteroatoms. The number of rotatable bonds is 10. The van der Waals surface area contributed by atoms with Crippen LogP contribution in [-0.4, -0.2) is 23.8 Å². The molecule has 0 heterocycles. The summed E-state index contributed by atoms with van der Waals surface area (Å²) >= 11 is 6.64. The number of ether oxygens (including phenoxy) is 2. The average molecular weight is 615 g/mol. The van der Waals surface area contributed by atoms with Crippen molar-refractivity contribution in [2.24, 2.45) is 5.10 Å². The standard InChI is InChI=1S/C37H43ClN2O4/c1-8-43-32-21-25(20-31(38)35(32)44-23-27-14-11-13-26-12-9-10-15-28(26)27)22-39-40-33(41)17-16-24-18-29(36(2,3)4)34(42)30(19-24)37(5,6)7/h9-15,18-22,42H,8,16-17,23H2,1-7H3,(H,40,41)/b39-22-. The Balaban J connectivity index is 1.43. The van der Waals surface area contributed by atoms with Crippen molar-refractivity contribution in [3.05, 3.63) is 99.6 Å². The summed E-state index contributed by atoms with van der Waals surface area (Å²) in [6.45, 7) is 15.1. The van der Waals surface area contributed by atoms with Crippen LogP contribution in [0.2, 0.25) is 5.02 Å². The molecule has 4 rings (SSSR count). The molecule has 0 unspecified atom stereocenters. The number of halogens is 1. The third-order valence-corrected chi connectivity index (χ3v) is 7.69. The highest BCUT2D eigenvalue weighted by Gasteiger charge is 2.26. The second kappa shape index (κ2) is 13.7. The van der Waals surface area contributed by atoms with E-state index in [9.17, 15) is 9.90 Å². The fourth-order valence-corrected chi connectivity index (χ4v) is 5.38. The van der Waals surface area contributed by atoms with Crippen LogP contribution >= 0.6 is 11.6 Å². The SMILES string of the molecule is CCOc1cc(/C=N\NC(=O)CCc2cc(C(C)(C)C)c(O)c(C(C)(C)C)c2)cc(Cl)c1OCc1cccc2ccccc12. The second-order valence-corrected chi connectivity index (χ2v) is 13.4. The van der Waals surface area contributed by atoms with Crippen LogP contribution in [0.4, 0.5) is 0 Å². The molecule has 4 aromatic rings. The van der Waals surface area contributed by atoms with Crippen LogP contribution in [0.25, 0.3) is 10.8 Å². The molecule has 0 aliphatic rings. The maximum absolute atomic E-state index is 12.7. The van der Waals surface area contributed by atoms with Crippen molar-refractivity contribution in [1.29, 1.82) is 0 Å². The summed E-state index contributed by atoms with van der Waals surface area (Å²) in [6.07, 6.45) is 2.31. The molecular weight excluding hydrogens is 572 g/mol. The van der Waals surface area contributed by atoms with Crippen LogP contribution in [0.1, 0.15) is 82.7 Å².